The van der Waals surface area contributed by atoms with E-state index < -0.39 is 0 Å². The molecular formula is C14H16O. The molecule has 1 nitrogen and oxygen atoms in total. The maximum Gasteiger partial charge on any atom is 0.188 e. The van der Waals surface area contributed by atoms with Crippen LogP contribution in [0.2, 0.25) is 0 Å². The third kappa shape index (κ3) is 2.35. The van der Waals surface area contributed by atoms with Gasteiger partial charge in [-0.25, -0.2) is 0 Å². The molecule has 0 aliphatic heterocycles. The van der Waals surface area contributed by atoms with Gasteiger partial charge in [-0.2, -0.15) is 0 Å². The van der Waals surface area contributed by atoms with Crippen molar-refractivity contribution in [3.05, 3.63) is 47.0 Å². The number of ketones is 1. The first-order chi connectivity index (χ1) is 7.27. The highest BCUT2D eigenvalue weighted by Crippen LogP contribution is 2.21. The van der Waals surface area contributed by atoms with Crippen LogP contribution in [0.5, 0.6) is 0 Å². The SMILES string of the molecule is Cc1ccc(C(=O)C2=CCCCC2)cc1. The van der Waals surface area contributed by atoms with Crippen LogP contribution in [0.4, 0.5) is 0 Å². The van der Waals surface area contributed by atoms with Gasteiger partial charge in [0.2, 0.25) is 0 Å². The summed E-state index contributed by atoms with van der Waals surface area (Å²) in [5.74, 6) is 0.217. The van der Waals surface area contributed by atoms with Crippen LogP contribution in [0.25, 0.3) is 0 Å². The molecule has 0 radical (unpaired) electrons. The van der Waals surface area contributed by atoms with Crippen molar-refractivity contribution in [2.75, 3.05) is 0 Å². The predicted molar refractivity (Wildman–Crippen MR) is 62.1 cm³/mol. The Hall–Kier alpha value is -1.37. The van der Waals surface area contributed by atoms with Crippen molar-refractivity contribution >= 4 is 5.78 Å². The third-order valence-electron chi connectivity index (χ3n) is 2.90. The van der Waals surface area contributed by atoms with E-state index in [1.54, 1.807) is 0 Å². The second-order valence-electron chi connectivity index (χ2n) is 4.17. The Morgan fingerprint density at radius 3 is 2.47 bits per heavy atom. The molecule has 0 heterocycles. The summed E-state index contributed by atoms with van der Waals surface area (Å²) in [4.78, 5) is 12.0. The highest BCUT2D eigenvalue weighted by atomic mass is 16.1. The van der Waals surface area contributed by atoms with Crippen LogP contribution in [-0.4, -0.2) is 5.78 Å². The number of carbonyl (C=O) groups excluding carboxylic acids is 1. The summed E-state index contributed by atoms with van der Waals surface area (Å²) < 4.78 is 0. The van der Waals surface area contributed by atoms with Gasteiger partial charge in [0.05, 0.1) is 0 Å². The number of hydrogen-bond donors (Lipinski definition) is 0. The molecule has 0 amide bonds. The van der Waals surface area contributed by atoms with Crippen molar-refractivity contribution in [2.45, 2.75) is 32.6 Å². The summed E-state index contributed by atoms with van der Waals surface area (Å²) in [7, 11) is 0. The molecule has 2 rings (SSSR count). The lowest BCUT2D eigenvalue weighted by atomic mass is 9.93. The van der Waals surface area contributed by atoms with Crippen LogP contribution in [0.15, 0.2) is 35.9 Å². The Bertz CT molecular complexity index is 384. The fraction of sp³-hybridized carbons (Fsp3) is 0.357. The van der Waals surface area contributed by atoms with Crippen molar-refractivity contribution in [3.63, 3.8) is 0 Å². The first-order valence-electron chi connectivity index (χ1n) is 5.58. The van der Waals surface area contributed by atoms with E-state index >= 15 is 0 Å². The monoisotopic (exact) mass is 200 g/mol. The average Bonchev–Trinajstić information content (AvgIpc) is 2.30. The largest absolute Gasteiger partial charge is 0.289 e. The van der Waals surface area contributed by atoms with E-state index in [1.807, 2.05) is 31.2 Å². The van der Waals surface area contributed by atoms with Crippen LogP contribution in [0.1, 0.15) is 41.6 Å². The lowest BCUT2D eigenvalue weighted by Gasteiger charge is -2.11. The smallest absolute Gasteiger partial charge is 0.188 e. The first-order valence-corrected chi connectivity index (χ1v) is 5.58. The molecule has 0 aromatic heterocycles. The Morgan fingerprint density at radius 2 is 1.87 bits per heavy atom. The summed E-state index contributed by atoms with van der Waals surface area (Å²) in [6.07, 6.45) is 6.50. The summed E-state index contributed by atoms with van der Waals surface area (Å²) in [5.41, 5.74) is 3.03. The number of allylic oxidation sites excluding steroid dienone is 2. The van der Waals surface area contributed by atoms with Gasteiger partial charge in [0.25, 0.3) is 0 Å². The molecule has 0 fully saturated rings. The van der Waals surface area contributed by atoms with Crippen LogP contribution < -0.4 is 0 Å². The van der Waals surface area contributed by atoms with Crippen LogP contribution in [0.3, 0.4) is 0 Å². The maximum absolute atomic E-state index is 12.0. The van der Waals surface area contributed by atoms with E-state index in [9.17, 15) is 4.79 Å². The van der Waals surface area contributed by atoms with Gasteiger partial charge >= 0.3 is 0 Å². The lowest BCUT2D eigenvalue weighted by molar-refractivity contribution is 0.102. The quantitative estimate of drug-likeness (QED) is 0.665. The van der Waals surface area contributed by atoms with Crippen molar-refractivity contribution < 1.29 is 4.79 Å². The predicted octanol–water partition coefficient (Wildman–Crippen LogP) is 3.68. The standard InChI is InChI=1S/C14H16O/c1-11-7-9-13(10-8-11)14(15)12-5-3-2-4-6-12/h5,7-10H,2-4,6H2,1H3. The summed E-state index contributed by atoms with van der Waals surface area (Å²) in [6, 6.07) is 7.84. The number of aryl methyl sites for hydroxylation is 1. The van der Waals surface area contributed by atoms with Gasteiger partial charge in [-0.05, 0) is 38.2 Å². The molecule has 1 heteroatoms. The van der Waals surface area contributed by atoms with Gasteiger partial charge in [0, 0.05) is 5.56 Å². The molecule has 1 aromatic carbocycles. The summed E-state index contributed by atoms with van der Waals surface area (Å²) in [6.45, 7) is 2.04. The number of carbonyl (C=O) groups is 1. The fourth-order valence-electron chi connectivity index (χ4n) is 1.93. The van der Waals surface area contributed by atoms with E-state index in [0.29, 0.717) is 0 Å². The Labute approximate surface area is 90.8 Å². The molecule has 0 N–H and O–H groups in total. The van der Waals surface area contributed by atoms with E-state index in [0.717, 1.165) is 30.4 Å². The molecule has 0 unspecified atom stereocenters. The molecule has 0 saturated heterocycles. The summed E-state index contributed by atoms with van der Waals surface area (Å²) in [5, 5.41) is 0. The van der Waals surface area contributed by atoms with Crippen LogP contribution in [-0.2, 0) is 0 Å². The van der Waals surface area contributed by atoms with Gasteiger partial charge in [0.15, 0.2) is 5.78 Å². The van der Waals surface area contributed by atoms with Crippen molar-refractivity contribution in [3.8, 4) is 0 Å². The molecular weight excluding hydrogens is 184 g/mol. The van der Waals surface area contributed by atoms with E-state index in [-0.39, 0.29) is 5.78 Å². The normalized spacial score (nSPS) is 15.9. The van der Waals surface area contributed by atoms with Gasteiger partial charge in [-0.1, -0.05) is 35.9 Å². The molecule has 0 bridgehead atoms. The zero-order chi connectivity index (χ0) is 10.7. The van der Waals surface area contributed by atoms with Gasteiger partial charge in [-0.15, -0.1) is 0 Å². The minimum Gasteiger partial charge on any atom is -0.289 e. The zero-order valence-corrected chi connectivity index (χ0v) is 9.12. The molecule has 0 spiro atoms. The van der Waals surface area contributed by atoms with Crippen molar-refractivity contribution in [2.24, 2.45) is 0 Å². The number of hydrogen-bond acceptors (Lipinski definition) is 1. The first kappa shape index (κ1) is 10.2. The molecule has 15 heavy (non-hydrogen) atoms. The zero-order valence-electron chi connectivity index (χ0n) is 9.12. The average molecular weight is 200 g/mol. The van der Waals surface area contributed by atoms with Crippen LogP contribution in [0, 0.1) is 6.92 Å². The highest BCUT2D eigenvalue weighted by Gasteiger charge is 2.13. The molecule has 1 aliphatic carbocycles. The van der Waals surface area contributed by atoms with Gasteiger partial charge < -0.3 is 0 Å². The van der Waals surface area contributed by atoms with Gasteiger partial charge in [-0.3, -0.25) is 4.79 Å². The fourth-order valence-corrected chi connectivity index (χ4v) is 1.93. The Kier molecular flexibility index (Phi) is 3.00. The second-order valence-corrected chi connectivity index (χ2v) is 4.17. The molecule has 78 valence electrons. The van der Waals surface area contributed by atoms with Crippen LogP contribution >= 0.6 is 0 Å². The van der Waals surface area contributed by atoms with E-state index in [1.165, 1.54) is 12.0 Å². The minimum absolute atomic E-state index is 0.217. The summed E-state index contributed by atoms with van der Waals surface area (Å²) >= 11 is 0. The number of benzene rings is 1. The van der Waals surface area contributed by atoms with E-state index in [2.05, 4.69) is 6.08 Å². The number of Topliss-reactive ketones (excluding diaryl/α,β-unsaturated/α-hetero) is 1. The van der Waals surface area contributed by atoms with Crippen molar-refractivity contribution in [1.29, 1.82) is 0 Å². The molecule has 1 aliphatic rings. The Balaban J connectivity index is 2.20. The Morgan fingerprint density at radius 1 is 1.13 bits per heavy atom. The van der Waals surface area contributed by atoms with E-state index in [4.69, 9.17) is 0 Å². The molecule has 1 aromatic rings. The minimum atomic E-state index is 0.217. The second kappa shape index (κ2) is 4.43. The van der Waals surface area contributed by atoms with Gasteiger partial charge in [0.1, 0.15) is 0 Å². The highest BCUT2D eigenvalue weighted by molar-refractivity contribution is 6.08. The van der Waals surface area contributed by atoms with Crippen molar-refractivity contribution in [1.82, 2.24) is 0 Å². The topological polar surface area (TPSA) is 17.1 Å². The lowest BCUT2D eigenvalue weighted by Crippen LogP contribution is -2.06. The number of rotatable bonds is 2. The molecule has 0 atom stereocenters. The third-order valence-corrected chi connectivity index (χ3v) is 2.90. The molecule has 0 saturated carbocycles. The maximum atomic E-state index is 12.0.